The minimum atomic E-state index is -4.83. The number of nitrogens with zero attached hydrogens (tertiary/aromatic N) is 7. The monoisotopic (exact) mass is 511 g/mol. The molecule has 0 aromatic carbocycles. The number of ether oxygens (including phenoxy) is 1. The molecule has 37 heavy (non-hydrogen) atoms. The van der Waals surface area contributed by atoms with E-state index in [4.69, 9.17) is 9.84 Å². The van der Waals surface area contributed by atoms with Gasteiger partial charge in [0.1, 0.15) is 17.5 Å². The predicted molar refractivity (Wildman–Crippen MR) is 131 cm³/mol. The van der Waals surface area contributed by atoms with Crippen molar-refractivity contribution >= 4 is 29.1 Å². The Bertz CT molecular complexity index is 1420. The van der Waals surface area contributed by atoms with Crippen molar-refractivity contribution in [2.45, 2.75) is 32.0 Å². The maximum atomic E-state index is 13.7. The summed E-state index contributed by atoms with van der Waals surface area (Å²) in [6.07, 6.45) is 4.09. The van der Waals surface area contributed by atoms with Gasteiger partial charge in [-0.3, -0.25) is 0 Å². The quantitative estimate of drug-likeness (QED) is 0.610. The van der Waals surface area contributed by atoms with E-state index in [1.54, 1.807) is 19.1 Å². The Kier molecular flexibility index (Phi) is 6.43. The lowest BCUT2D eigenvalue weighted by Gasteiger charge is -2.41. The number of nitriles is 1. The van der Waals surface area contributed by atoms with E-state index in [-0.39, 0.29) is 25.0 Å². The summed E-state index contributed by atoms with van der Waals surface area (Å²) in [5, 5.41) is 22.4. The zero-order chi connectivity index (χ0) is 26.3. The van der Waals surface area contributed by atoms with Gasteiger partial charge in [0.05, 0.1) is 25.0 Å². The summed E-state index contributed by atoms with van der Waals surface area (Å²) < 4.78 is 47.9. The van der Waals surface area contributed by atoms with Crippen molar-refractivity contribution in [3.8, 4) is 6.07 Å². The molecule has 9 nitrogen and oxygen atoms in total. The normalized spacial score (nSPS) is 20.4. The molecule has 1 saturated heterocycles. The summed E-state index contributed by atoms with van der Waals surface area (Å²) in [6.45, 7) is 6.11. The van der Waals surface area contributed by atoms with Crippen LogP contribution < -0.4 is 4.90 Å². The molecule has 2 aliphatic heterocycles. The lowest BCUT2D eigenvalue weighted by atomic mass is 10.0. The van der Waals surface area contributed by atoms with Crippen molar-refractivity contribution in [1.29, 1.82) is 5.26 Å². The van der Waals surface area contributed by atoms with Gasteiger partial charge in [-0.25, -0.2) is 15.0 Å². The number of hydrogen-bond donors (Lipinski definition) is 1. The Balaban J connectivity index is 1.66. The second-order valence-electron chi connectivity index (χ2n) is 9.00. The van der Waals surface area contributed by atoms with E-state index in [0.29, 0.717) is 47.5 Å². The molecule has 1 aliphatic carbocycles. The number of aliphatic imine (C=N–C) groups is 2. The summed E-state index contributed by atoms with van der Waals surface area (Å²) in [5.41, 5.74) is 0.444. The van der Waals surface area contributed by atoms with Crippen molar-refractivity contribution in [2.24, 2.45) is 15.9 Å². The highest BCUT2D eigenvalue weighted by Crippen LogP contribution is 2.38. The van der Waals surface area contributed by atoms with Crippen LogP contribution in [-0.4, -0.2) is 63.7 Å². The van der Waals surface area contributed by atoms with Crippen molar-refractivity contribution in [2.75, 3.05) is 31.2 Å². The number of fused-ring (bicyclic) bond motifs is 1. The summed E-state index contributed by atoms with van der Waals surface area (Å²) in [4.78, 5) is 15.2. The molecule has 5 rings (SSSR count). The van der Waals surface area contributed by atoms with E-state index < -0.39 is 17.4 Å². The number of hydrogen-bond acceptors (Lipinski definition) is 7. The number of amidine groups is 1. The first-order chi connectivity index (χ1) is 17.7. The minimum absolute atomic E-state index is 0.132. The molecular weight excluding hydrogens is 487 g/mol. The Hall–Kier alpha value is -3.82. The van der Waals surface area contributed by atoms with Gasteiger partial charge in [0.25, 0.3) is 0 Å². The van der Waals surface area contributed by atoms with Crippen LogP contribution in [0.1, 0.15) is 35.4 Å². The third kappa shape index (κ3) is 4.68. The highest BCUT2D eigenvalue weighted by molar-refractivity contribution is 6.18. The molecule has 0 unspecified atom stereocenters. The smallest absolute Gasteiger partial charge is 0.394 e. The first-order valence-corrected chi connectivity index (χ1v) is 11.8. The molecule has 3 aliphatic rings. The summed E-state index contributed by atoms with van der Waals surface area (Å²) >= 11 is 0. The molecular formula is C25H24F3N7O2. The molecule has 0 bridgehead atoms. The standard InChI is InChI=1S/C25H24F3N7O2/c1-3-30-22-16(6-7-20(32-22)15-4-5-15)10-18-14(2)31-23-19(11-29)21(25(26,27)28)33-35(23)24(18)34-12-17(13-34)37-9-8-36/h3,6-7,10,15,17,36H,1,4-5,8-9,12-13H2,2H3/b16-10+,30-22?. The average molecular weight is 512 g/mol. The lowest BCUT2D eigenvalue weighted by Crippen LogP contribution is -2.53. The van der Waals surface area contributed by atoms with Crippen molar-refractivity contribution in [1.82, 2.24) is 14.6 Å². The Morgan fingerprint density at radius 1 is 1.32 bits per heavy atom. The fraction of sp³-hybridized carbons (Fsp3) is 0.400. The van der Waals surface area contributed by atoms with E-state index in [1.165, 1.54) is 6.20 Å². The van der Waals surface area contributed by atoms with E-state index in [1.807, 2.05) is 17.1 Å². The molecule has 0 radical (unpaired) electrons. The third-order valence-corrected chi connectivity index (χ3v) is 6.37. The van der Waals surface area contributed by atoms with Crippen molar-refractivity contribution < 1.29 is 23.0 Å². The number of alkyl halides is 3. The summed E-state index contributed by atoms with van der Waals surface area (Å²) in [7, 11) is 0. The zero-order valence-corrected chi connectivity index (χ0v) is 20.0. The second-order valence-corrected chi connectivity index (χ2v) is 9.00. The zero-order valence-electron chi connectivity index (χ0n) is 20.0. The Morgan fingerprint density at radius 2 is 2.08 bits per heavy atom. The number of aliphatic hydroxyl groups excluding tert-OH is 1. The number of rotatable bonds is 7. The molecule has 0 atom stereocenters. The molecule has 12 heteroatoms. The highest BCUT2D eigenvalue weighted by Gasteiger charge is 2.41. The second kappa shape index (κ2) is 9.57. The molecule has 2 aromatic rings. The van der Waals surface area contributed by atoms with Crippen molar-refractivity contribution in [3.63, 3.8) is 0 Å². The van der Waals surface area contributed by atoms with E-state index in [9.17, 15) is 18.4 Å². The molecule has 1 saturated carbocycles. The van der Waals surface area contributed by atoms with Gasteiger partial charge in [-0.2, -0.15) is 28.0 Å². The van der Waals surface area contributed by atoms with Gasteiger partial charge in [-0.05, 0) is 38.0 Å². The van der Waals surface area contributed by atoms with Gasteiger partial charge in [0.15, 0.2) is 17.2 Å². The minimum Gasteiger partial charge on any atom is -0.394 e. The van der Waals surface area contributed by atoms with Gasteiger partial charge in [0.2, 0.25) is 0 Å². The SMILES string of the molecule is C=CN=C1N=C(C2CC2)C=C/C1=C\c1c(C)nc2c(C#N)c(C(F)(F)F)nn2c1N1CC(OCCO)C1. The fourth-order valence-corrected chi connectivity index (χ4v) is 4.40. The molecule has 2 aromatic heterocycles. The average Bonchev–Trinajstić information content (AvgIpc) is 3.61. The molecule has 0 amide bonds. The molecule has 4 heterocycles. The molecule has 192 valence electrons. The van der Waals surface area contributed by atoms with Crippen LogP contribution in [0.15, 0.2) is 40.5 Å². The number of anilines is 1. The maximum absolute atomic E-state index is 13.7. The van der Waals surface area contributed by atoms with Crippen LogP contribution in [0, 0.1) is 24.2 Å². The van der Waals surface area contributed by atoms with Crippen LogP contribution in [0.4, 0.5) is 19.0 Å². The van der Waals surface area contributed by atoms with Crippen LogP contribution in [-0.2, 0) is 10.9 Å². The molecule has 2 fully saturated rings. The first-order valence-electron chi connectivity index (χ1n) is 11.8. The first kappa shape index (κ1) is 24.9. The number of dihydropyridines is 1. The number of halogens is 3. The number of aromatic nitrogens is 3. The van der Waals surface area contributed by atoms with E-state index >= 15 is 0 Å². The van der Waals surface area contributed by atoms with Crippen LogP contribution in [0.25, 0.3) is 11.7 Å². The number of allylic oxidation sites excluding steroid dienone is 1. The molecule has 1 N–H and O–H groups in total. The van der Waals surface area contributed by atoms with Crippen molar-refractivity contribution in [3.05, 3.63) is 53.0 Å². The van der Waals surface area contributed by atoms with Crippen LogP contribution >= 0.6 is 0 Å². The molecule has 0 spiro atoms. The van der Waals surface area contributed by atoms with Gasteiger partial charge >= 0.3 is 6.18 Å². The van der Waals surface area contributed by atoms with Gasteiger partial charge in [-0.1, -0.05) is 6.58 Å². The predicted octanol–water partition coefficient (Wildman–Crippen LogP) is 3.47. The maximum Gasteiger partial charge on any atom is 0.436 e. The lowest BCUT2D eigenvalue weighted by molar-refractivity contribution is -0.141. The largest absolute Gasteiger partial charge is 0.436 e. The highest BCUT2D eigenvalue weighted by atomic mass is 19.4. The summed E-state index contributed by atoms with van der Waals surface area (Å²) in [6, 6.07) is 1.63. The van der Waals surface area contributed by atoms with Gasteiger partial charge in [0, 0.05) is 42.1 Å². The van der Waals surface area contributed by atoms with Crippen LogP contribution in [0.3, 0.4) is 0 Å². The topological polar surface area (TPSA) is 111 Å². The van der Waals surface area contributed by atoms with E-state index in [0.717, 1.165) is 23.1 Å². The van der Waals surface area contributed by atoms with Crippen LogP contribution in [0.2, 0.25) is 0 Å². The fourth-order valence-electron chi connectivity index (χ4n) is 4.40. The van der Waals surface area contributed by atoms with E-state index in [2.05, 4.69) is 26.6 Å². The van der Waals surface area contributed by atoms with Crippen LogP contribution in [0.5, 0.6) is 0 Å². The van der Waals surface area contributed by atoms with Gasteiger partial charge < -0.3 is 14.7 Å². The Labute approximate surface area is 210 Å². The number of aryl methyl sites for hydroxylation is 1. The number of aliphatic hydroxyl groups is 1. The third-order valence-electron chi connectivity index (χ3n) is 6.37. The summed E-state index contributed by atoms with van der Waals surface area (Å²) in [5.74, 6) is 1.22. The van der Waals surface area contributed by atoms with Gasteiger partial charge in [-0.15, -0.1) is 0 Å². The Morgan fingerprint density at radius 3 is 2.70 bits per heavy atom.